The maximum Gasteiger partial charge on any atom is 0.280 e. The third-order valence-electron chi connectivity index (χ3n) is 5.02. The van der Waals surface area contributed by atoms with Crippen LogP contribution < -0.4 is 4.74 Å². The van der Waals surface area contributed by atoms with Gasteiger partial charge in [0.2, 0.25) is 5.65 Å². The van der Waals surface area contributed by atoms with Crippen LogP contribution in [0.3, 0.4) is 0 Å². The number of pyridine rings is 1. The number of hydrogen-bond donors (Lipinski definition) is 0. The SMILES string of the molecule is CCOc1nc(CC(=O)c2cccc(C(F)F)n2)cn2cc(C3CCOCC3)nc12. The van der Waals surface area contributed by atoms with E-state index in [-0.39, 0.29) is 12.1 Å². The van der Waals surface area contributed by atoms with Gasteiger partial charge >= 0.3 is 0 Å². The highest BCUT2D eigenvalue weighted by Crippen LogP contribution is 2.28. The van der Waals surface area contributed by atoms with E-state index in [0.717, 1.165) is 18.5 Å². The van der Waals surface area contributed by atoms with Crippen LogP contribution in [0.4, 0.5) is 8.78 Å². The van der Waals surface area contributed by atoms with Gasteiger partial charge in [-0.3, -0.25) is 4.79 Å². The number of alkyl halides is 2. The summed E-state index contributed by atoms with van der Waals surface area (Å²) in [4.78, 5) is 25.5. The van der Waals surface area contributed by atoms with E-state index in [4.69, 9.17) is 14.5 Å². The number of hydrogen-bond acceptors (Lipinski definition) is 6. The second-order valence-electron chi connectivity index (χ2n) is 7.10. The minimum absolute atomic E-state index is 0.0128. The van der Waals surface area contributed by atoms with Crippen LogP contribution in [0, 0.1) is 0 Å². The lowest BCUT2D eigenvalue weighted by atomic mass is 9.97. The summed E-state index contributed by atoms with van der Waals surface area (Å²) in [6, 6.07) is 4.03. The number of fused-ring (bicyclic) bond motifs is 1. The minimum atomic E-state index is -2.73. The van der Waals surface area contributed by atoms with Gasteiger partial charge in [-0.2, -0.15) is 0 Å². The number of carbonyl (C=O) groups excluding carboxylic acids is 1. The Kier molecular flexibility index (Phi) is 5.98. The Bertz CT molecular complexity index is 1050. The molecule has 0 radical (unpaired) electrons. The van der Waals surface area contributed by atoms with Gasteiger partial charge in [0.05, 0.1) is 24.4 Å². The van der Waals surface area contributed by atoms with Crippen molar-refractivity contribution in [1.82, 2.24) is 19.4 Å². The van der Waals surface area contributed by atoms with E-state index >= 15 is 0 Å². The number of rotatable bonds is 7. The smallest absolute Gasteiger partial charge is 0.280 e. The van der Waals surface area contributed by atoms with Crippen molar-refractivity contribution in [3.05, 3.63) is 53.4 Å². The van der Waals surface area contributed by atoms with E-state index in [2.05, 4.69) is 9.97 Å². The maximum atomic E-state index is 12.9. The molecule has 4 rings (SSSR count). The van der Waals surface area contributed by atoms with Crippen LogP contribution >= 0.6 is 0 Å². The Morgan fingerprint density at radius 2 is 2.03 bits per heavy atom. The van der Waals surface area contributed by atoms with E-state index in [1.807, 2.05) is 17.5 Å². The molecule has 0 amide bonds. The number of halogens is 2. The predicted molar refractivity (Wildman–Crippen MR) is 104 cm³/mol. The zero-order valence-electron chi connectivity index (χ0n) is 16.6. The maximum absolute atomic E-state index is 12.9. The van der Waals surface area contributed by atoms with Crippen LogP contribution in [0.1, 0.15) is 59.7 Å². The Balaban J connectivity index is 1.63. The topological polar surface area (TPSA) is 78.6 Å². The highest BCUT2D eigenvalue weighted by atomic mass is 19.3. The van der Waals surface area contributed by atoms with Crippen molar-refractivity contribution in [3.63, 3.8) is 0 Å². The number of ketones is 1. The van der Waals surface area contributed by atoms with Crippen LogP contribution in [0.2, 0.25) is 0 Å². The molecule has 3 aromatic heterocycles. The molecule has 0 aromatic carbocycles. The number of carbonyl (C=O) groups is 1. The summed E-state index contributed by atoms with van der Waals surface area (Å²) in [5.74, 6) is 0.256. The molecule has 9 heteroatoms. The molecule has 1 saturated heterocycles. The largest absolute Gasteiger partial charge is 0.475 e. The standard InChI is InChI=1S/C21H22F2N4O3/c1-2-30-21-20-26-17(13-6-8-29-9-7-13)12-27(20)11-14(24-21)10-18(28)15-4-3-5-16(25-15)19(22)23/h3-5,11-13,19H,2,6-10H2,1H3. The molecular weight excluding hydrogens is 394 g/mol. The number of nitrogens with zero attached hydrogens (tertiary/aromatic N) is 4. The molecule has 7 nitrogen and oxygen atoms in total. The summed E-state index contributed by atoms with van der Waals surface area (Å²) in [5, 5.41) is 0. The van der Waals surface area contributed by atoms with Crippen molar-refractivity contribution in [2.45, 2.75) is 38.5 Å². The van der Waals surface area contributed by atoms with Crippen molar-refractivity contribution in [3.8, 4) is 5.88 Å². The van der Waals surface area contributed by atoms with Gasteiger partial charge in [0, 0.05) is 31.5 Å². The predicted octanol–water partition coefficient (Wildman–Crippen LogP) is 3.78. The average Bonchev–Trinajstić information content (AvgIpc) is 3.19. The molecule has 0 atom stereocenters. The summed E-state index contributed by atoms with van der Waals surface area (Å²) >= 11 is 0. The van der Waals surface area contributed by atoms with Gasteiger partial charge in [-0.15, -0.1) is 0 Å². The van der Waals surface area contributed by atoms with Crippen LogP contribution in [-0.2, 0) is 11.2 Å². The summed E-state index contributed by atoms with van der Waals surface area (Å²) in [6.45, 7) is 3.66. The van der Waals surface area contributed by atoms with Crippen molar-refractivity contribution < 1.29 is 23.0 Å². The molecule has 158 valence electrons. The normalized spacial score (nSPS) is 15.1. The van der Waals surface area contributed by atoms with Crippen molar-refractivity contribution in [2.75, 3.05) is 19.8 Å². The lowest BCUT2D eigenvalue weighted by molar-refractivity contribution is 0.0846. The van der Waals surface area contributed by atoms with Crippen LogP contribution in [-0.4, -0.2) is 45.0 Å². The summed E-state index contributed by atoms with van der Waals surface area (Å²) in [7, 11) is 0. The fourth-order valence-electron chi connectivity index (χ4n) is 3.53. The van der Waals surface area contributed by atoms with Crippen LogP contribution in [0.15, 0.2) is 30.6 Å². The van der Waals surface area contributed by atoms with Gasteiger partial charge in [-0.05, 0) is 31.9 Å². The van der Waals surface area contributed by atoms with Gasteiger partial charge in [0.25, 0.3) is 12.3 Å². The quantitative estimate of drug-likeness (QED) is 0.546. The molecular formula is C21H22F2N4O3. The van der Waals surface area contributed by atoms with Gasteiger partial charge in [0.15, 0.2) is 5.78 Å². The molecule has 1 aliphatic rings. The lowest BCUT2D eigenvalue weighted by Crippen LogP contribution is -2.14. The number of Topliss-reactive ketones (excluding diaryl/α,β-unsaturated/α-hetero) is 1. The Morgan fingerprint density at radius 1 is 1.23 bits per heavy atom. The molecule has 0 saturated carbocycles. The first-order valence-electron chi connectivity index (χ1n) is 9.92. The molecule has 30 heavy (non-hydrogen) atoms. The van der Waals surface area contributed by atoms with Gasteiger partial charge in [-0.1, -0.05) is 6.07 Å². The minimum Gasteiger partial charge on any atom is -0.475 e. The first-order chi connectivity index (χ1) is 14.5. The zero-order valence-corrected chi connectivity index (χ0v) is 16.6. The van der Waals surface area contributed by atoms with Crippen molar-refractivity contribution in [1.29, 1.82) is 0 Å². The summed E-state index contributed by atoms with van der Waals surface area (Å²) in [5.41, 5.74) is 1.55. The molecule has 0 unspecified atom stereocenters. The van der Waals surface area contributed by atoms with Gasteiger partial charge in [0.1, 0.15) is 11.4 Å². The molecule has 0 bridgehead atoms. The van der Waals surface area contributed by atoms with E-state index in [0.29, 0.717) is 43.0 Å². The summed E-state index contributed by atoms with van der Waals surface area (Å²) in [6.07, 6.45) is 2.64. The molecule has 0 spiro atoms. The highest BCUT2D eigenvalue weighted by molar-refractivity contribution is 5.95. The number of aromatic nitrogens is 4. The molecule has 1 aliphatic heterocycles. The third-order valence-corrected chi connectivity index (χ3v) is 5.02. The van der Waals surface area contributed by atoms with Gasteiger partial charge < -0.3 is 13.9 Å². The Morgan fingerprint density at radius 3 is 2.77 bits per heavy atom. The monoisotopic (exact) mass is 416 g/mol. The van der Waals surface area contributed by atoms with Crippen LogP contribution in [0.25, 0.3) is 5.65 Å². The Labute approximate surface area is 172 Å². The van der Waals surface area contributed by atoms with Crippen molar-refractivity contribution >= 4 is 11.4 Å². The number of ether oxygens (including phenoxy) is 2. The van der Waals surface area contributed by atoms with E-state index in [1.165, 1.54) is 18.2 Å². The van der Waals surface area contributed by atoms with Gasteiger partial charge in [-0.25, -0.2) is 23.7 Å². The lowest BCUT2D eigenvalue weighted by Gasteiger charge is -2.19. The van der Waals surface area contributed by atoms with E-state index < -0.39 is 17.9 Å². The molecule has 0 aliphatic carbocycles. The summed E-state index contributed by atoms with van der Waals surface area (Å²) < 4.78 is 38.7. The molecule has 0 N–H and O–H groups in total. The second kappa shape index (κ2) is 8.83. The first kappa shape index (κ1) is 20.3. The average molecular weight is 416 g/mol. The Hall–Kier alpha value is -2.94. The molecule has 1 fully saturated rings. The van der Waals surface area contributed by atoms with Crippen molar-refractivity contribution in [2.24, 2.45) is 0 Å². The number of imidazole rings is 1. The fourth-order valence-corrected chi connectivity index (χ4v) is 3.53. The highest BCUT2D eigenvalue weighted by Gasteiger charge is 2.21. The third kappa shape index (κ3) is 4.30. The van der Waals surface area contributed by atoms with E-state index in [1.54, 1.807) is 6.20 Å². The second-order valence-corrected chi connectivity index (χ2v) is 7.10. The van der Waals surface area contributed by atoms with Crippen LogP contribution in [0.5, 0.6) is 5.88 Å². The molecule has 3 aromatic rings. The zero-order chi connectivity index (χ0) is 21.1. The fraction of sp³-hybridized carbons (Fsp3) is 0.429. The van der Waals surface area contributed by atoms with E-state index in [9.17, 15) is 13.6 Å². The first-order valence-corrected chi connectivity index (χ1v) is 9.92. The molecule has 4 heterocycles.